The van der Waals surface area contributed by atoms with Gasteiger partial charge in [0.05, 0.1) is 0 Å². The van der Waals surface area contributed by atoms with E-state index < -0.39 is 0 Å². The molecule has 5 nitrogen and oxygen atoms in total. The summed E-state index contributed by atoms with van der Waals surface area (Å²) < 4.78 is 9.36. The normalized spacial score (nSPS) is 10.9. The summed E-state index contributed by atoms with van der Waals surface area (Å²) in [6.07, 6.45) is 7.11. The molecule has 0 aliphatic carbocycles. The van der Waals surface area contributed by atoms with Crippen LogP contribution >= 0.6 is 0 Å². The second kappa shape index (κ2) is 6.46. The minimum absolute atomic E-state index is 0.393. The summed E-state index contributed by atoms with van der Waals surface area (Å²) in [5, 5.41) is 11.6. The van der Waals surface area contributed by atoms with Crippen molar-refractivity contribution in [2.45, 2.75) is 13.5 Å². The highest BCUT2D eigenvalue weighted by Crippen LogP contribution is 1.88. The zero-order valence-corrected chi connectivity index (χ0v) is 9.88. The first-order valence-electron chi connectivity index (χ1n) is 5.58. The maximum Gasteiger partial charge on any atom is 0.258 e. The summed E-state index contributed by atoms with van der Waals surface area (Å²) in [4.78, 5) is 0. The van der Waals surface area contributed by atoms with E-state index in [4.69, 9.17) is 9.94 Å². The fourth-order valence-electron chi connectivity index (χ4n) is 1.55. The molecule has 0 aliphatic rings. The lowest BCUT2D eigenvalue weighted by molar-refractivity contribution is -0.788. The molecule has 0 radical (unpaired) electrons. The number of rotatable bonds is 5. The lowest BCUT2D eigenvalue weighted by atomic mass is 10.3. The Morgan fingerprint density at radius 3 is 2.61 bits per heavy atom. The quantitative estimate of drug-likeness (QED) is 0.365. The van der Waals surface area contributed by atoms with Gasteiger partial charge in [0.1, 0.15) is 6.21 Å². The highest BCUT2D eigenvalue weighted by Gasteiger charge is 2.08. The monoisotopic (exact) mass is 245 g/mol. The molecule has 18 heavy (non-hydrogen) atoms. The molecule has 0 spiro atoms. The molecule has 0 aliphatic heterocycles. The Morgan fingerprint density at radius 2 is 1.83 bits per heavy atom. The summed E-state index contributed by atoms with van der Waals surface area (Å²) in [6.45, 7) is 0.864. The third kappa shape index (κ3) is 3.36. The molecule has 0 aromatic carbocycles. The topological polar surface area (TPSA) is 49.6 Å². The smallest absolute Gasteiger partial charge is 0.258 e. The van der Waals surface area contributed by atoms with Gasteiger partial charge in [-0.05, 0) is 6.07 Å². The van der Waals surface area contributed by atoms with Crippen LogP contribution in [0.5, 0.6) is 0 Å². The minimum Gasteiger partial charge on any atom is -0.411 e. The van der Waals surface area contributed by atoms with Crippen molar-refractivity contribution in [2.24, 2.45) is 5.16 Å². The van der Waals surface area contributed by atoms with Crippen molar-refractivity contribution in [2.75, 3.05) is 0 Å². The first-order chi connectivity index (χ1) is 8.90. The van der Waals surface area contributed by atoms with Gasteiger partial charge in [-0.15, -0.1) is 0 Å². The average Bonchev–Trinajstić information content (AvgIpc) is 2.42. The lowest BCUT2D eigenvalue weighted by Crippen LogP contribution is -2.42. The van der Waals surface area contributed by atoms with Crippen LogP contribution in [0.4, 0.5) is 0 Å². The predicted molar refractivity (Wildman–Crippen MR) is 63.7 cm³/mol. The Bertz CT molecular complexity index is 515. The first-order valence-corrected chi connectivity index (χ1v) is 5.58. The van der Waals surface area contributed by atoms with E-state index in [1.165, 1.54) is 6.21 Å². The second-order valence-electron chi connectivity index (χ2n) is 3.69. The second-order valence-corrected chi connectivity index (χ2v) is 3.69. The van der Waals surface area contributed by atoms with Crippen LogP contribution < -0.4 is 9.13 Å². The van der Waals surface area contributed by atoms with Crippen LogP contribution in [0.25, 0.3) is 0 Å². The molecule has 1 N–H and O–H groups in total. The molecule has 0 unspecified atom stereocenters. The molecule has 0 atom stereocenters. The van der Waals surface area contributed by atoms with Gasteiger partial charge in [0, 0.05) is 24.3 Å². The van der Waals surface area contributed by atoms with Crippen LogP contribution in [0.15, 0.2) is 60.1 Å². The molecule has 2 aromatic rings. The van der Waals surface area contributed by atoms with Crippen molar-refractivity contribution in [3.8, 4) is 0 Å². The van der Waals surface area contributed by atoms with Gasteiger partial charge in [-0.25, -0.2) is 0 Å². The van der Waals surface area contributed by atoms with Gasteiger partial charge in [0.25, 0.3) is 13.5 Å². The van der Waals surface area contributed by atoms with E-state index in [2.05, 4.69) is 5.16 Å². The number of hydrogen-bond donors (Lipinski definition) is 1. The summed E-state index contributed by atoms with van der Waals surface area (Å²) >= 11 is 0. The zero-order chi connectivity index (χ0) is 12.6. The fourth-order valence-corrected chi connectivity index (χ4v) is 1.55. The van der Waals surface area contributed by atoms with E-state index in [0.717, 1.165) is 5.69 Å². The van der Waals surface area contributed by atoms with E-state index in [9.17, 15) is 0 Å². The van der Waals surface area contributed by atoms with Crippen LogP contribution in [0.1, 0.15) is 5.69 Å². The van der Waals surface area contributed by atoms with Crippen molar-refractivity contribution in [3.05, 3.63) is 60.7 Å². The molecule has 0 amide bonds. The SMILES string of the molecule is O/N=C/c1cccc[n+]1COC[n+]1ccccc1. The fraction of sp³-hybridized carbons (Fsp3) is 0.154. The van der Waals surface area contributed by atoms with E-state index in [1.54, 1.807) is 0 Å². The molecule has 2 rings (SSSR count). The van der Waals surface area contributed by atoms with Gasteiger partial charge in [-0.1, -0.05) is 11.2 Å². The Kier molecular flexibility index (Phi) is 4.38. The van der Waals surface area contributed by atoms with Gasteiger partial charge in [-0.2, -0.15) is 9.13 Å². The van der Waals surface area contributed by atoms with Gasteiger partial charge >= 0.3 is 0 Å². The number of aromatic nitrogens is 2. The number of oxime groups is 1. The zero-order valence-electron chi connectivity index (χ0n) is 9.88. The third-order valence-electron chi connectivity index (χ3n) is 2.41. The van der Waals surface area contributed by atoms with Gasteiger partial charge in [0.2, 0.25) is 5.69 Å². The van der Waals surface area contributed by atoms with Crippen LogP contribution in [-0.2, 0) is 18.2 Å². The Hall–Kier alpha value is -2.27. The summed E-state index contributed by atoms with van der Waals surface area (Å²) in [7, 11) is 0. The van der Waals surface area contributed by atoms with Crippen LogP contribution in [0.2, 0.25) is 0 Å². The van der Waals surface area contributed by atoms with Crippen molar-refractivity contribution in [1.29, 1.82) is 0 Å². The summed E-state index contributed by atoms with van der Waals surface area (Å²) in [5.41, 5.74) is 0.776. The Morgan fingerprint density at radius 1 is 1.06 bits per heavy atom. The number of pyridine rings is 2. The molecule has 0 saturated heterocycles. The van der Waals surface area contributed by atoms with Gasteiger partial charge < -0.3 is 5.21 Å². The lowest BCUT2D eigenvalue weighted by Gasteiger charge is -1.99. The van der Waals surface area contributed by atoms with E-state index in [0.29, 0.717) is 13.5 Å². The van der Waals surface area contributed by atoms with Crippen molar-refractivity contribution >= 4 is 6.21 Å². The van der Waals surface area contributed by atoms with Gasteiger partial charge in [0.15, 0.2) is 18.6 Å². The molecule has 2 heterocycles. The van der Waals surface area contributed by atoms with E-state index in [1.807, 2.05) is 64.1 Å². The number of hydrogen-bond acceptors (Lipinski definition) is 3. The molecule has 0 fully saturated rings. The standard InChI is InChI=1S/C13H14N3O2/c17-14-10-13-6-2-5-9-16(13)12-18-11-15-7-3-1-4-8-15/h1-10H,11-12H2/q+1/p+1. The Balaban J connectivity index is 1.94. The molecule has 92 valence electrons. The average molecular weight is 245 g/mol. The third-order valence-corrected chi connectivity index (χ3v) is 2.41. The maximum atomic E-state index is 8.56. The number of ether oxygens (including phenoxy) is 1. The molecule has 0 bridgehead atoms. The minimum atomic E-state index is 0.393. The number of nitrogens with zero attached hydrogens (tertiary/aromatic N) is 3. The van der Waals surface area contributed by atoms with Crippen molar-refractivity contribution < 1.29 is 19.1 Å². The van der Waals surface area contributed by atoms with Crippen LogP contribution in [0, 0.1) is 0 Å². The van der Waals surface area contributed by atoms with Crippen LogP contribution in [-0.4, -0.2) is 11.4 Å². The molecule has 2 aromatic heterocycles. The van der Waals surface area contributed by atoms with Gasteiger partial charge in [-0.3, -0.25) is 4.74 Å². The summed E-state index contributed by atoms with van der Waals surface area (Å²) in [6, 6.07) is 11.5. The Labute approximate surface area is 105 Å². The van der Waals surface area contributed by atoms with Crippen molar-refractivity contribution in [3.63, 3.8) is 0 Å². The highest BCUT2D eigenvalue weighted by molar-refractivity contribution is 5.74. The molecular formula is C13H15N3O2+2. The maximum absolute atomic E-state index is 8.56. The van der Waals surface area contributed by atoms with Crippen LogP contribution in [0.3, 0.4) is 0 Å². The largest absolute Gasteiger partial charge is 0.411 e. The predicted octanol–water partition coefficient (Wildman–Crippen LogP) is 0.701. The van der Waals surface area contributed by atoms with E-state index >= 15 is 0 Å². The first kappa shape index (κ1) is 12.2. The molecule has 0 saturated carbocycles. The molecular weight excluding hydrogens is 230 g/mol. The highest BCUT2D eigenvalue weighted by atomic mass is 16.5. The summed E-state index contributed by atoms with van der Waals surface area (Å²) in [5.74, 6) is 0. The van der Waals surface area contributed by atoms with E-state index in [-0.39, 0.29) is 0 Å². The van der Waals surface area contributed by atoms with Crippen molar-refractivity contribution in [1.82, 2.24) is 0 Å². The molecule has 5 heteroatoms.